The highest BCUT2D eigenvalue weighted by Gasteiger charge is 2.42. The van der Waals surface area contributed by atoms with Gasteiger partial charge in [0.25, 0.3) is 12.4 Å². The number of carbonyl (C=O) groups is 2. The molecule has 164 valence electrons. The van der Waals surface area contributed by atoms with Crippen LogP contribution in [0.1, 0.15) is 41.9 Å². The topological polar surface area (TPSA) is 49.9 Å². The summed E-state index contributed by atoms with van der Waals surface area (Å²) in [5.41, 5.74) is 4.90. The van der Waals surface area contributed by atoms with Crippen LogP contribution in [0.15, 0.2) is 51.8 Å². The molecule has 5 nitrogen and oxygen atoms in total. The molecule has 0 aromatic heterocycles. The van der Waals surface area contributed by atoms with Gasteiger partial charge < -0.3 is 9.64 Å². The van der Waals surface area contributed by atoms with Crippen LogP contribution in [0.2, 0.25) is 0 Å². The molecule has 32 heavy (non-hydrogen) atoms. The van der Waals surface area contributed by atoms with Crippen LogP contribution in [0, 0.1) is 0 Å². The van der Waals surface area contributed by atoms with Crippen molar-refractivity contribution in [1.29, 1.82) is 0 Å². The smallest absolute Gasteiger partial charge is 0.294 e. The number of hydrogen-bond acceptors (Lipinski definition) is 6. The third kappa shape index (κ3) is 3.89. The molecule has 1 saturated carbocycles. The van der Waals surface area contributed by atoms with Gasteiger partial charge in [-0.2, -0.15) is 0 Å². The summed E-state index contributed by atoms with van der Waals surface area (Å²) in [6.07, 6.45) is 5.50. The fourth-order valence-corrected chi connectivity index (χ4v) is 6.95. The molecule has 2 fully saturated rings. The molecule has 2 atom stereocenters. The number of thiocarbonyl (C=S) groups is 1. The van der Waals surface area contributed by atoms with E-state index in [1.165, 1.54) is 52.7 Å². The van der Waals surface area contributed by atoms with Gasteiger partial charge in [0.05, 0.1) is 10.6 Å². The molecule has 5 rings (SSSR count). The third-order valence-electron chi connectivity index (χ3n) is 6.32. The maximum absolute atomic E-state index is 12.7. The van der Waals surface area contributed by atoms with Crippen molar-refractivity contribution in [1.82, 2.24) is 4.90 Å². The van der Waals surface area contributed by atoms with Gasteiger partial charge in [-0.05, 0) is 63.7 Å². The average molecular weight is 529 g/mol. The molecule has 2 heterocycles. The minimum absolute atomic E-state index is 0.155. The standard InChI is InChI=1S/C24H21BrN2O3S2/c25-19-10-16(11-21-23(29)27(13-30-14-28)24(31)32-21)9-18-17-7-4-8-20(17)26(22(18)19)12-15-5-2-1-3-6-15/h1-3,5-6,9-11,14,17,20H,4,7-8,12-13H2/b21-11+. The lowest BCUT2D eigenvalue weighted by Crippen LogP contribution is -2.30. The first-order chi connectivity index (χ1) is 15.6. The molecular weight excluding hydrogens is 508 g/mol. The molecule has 3 aliphatic rings. The number of halogens is 1. The fraction of sp³-hybridized carbons (Fsp3) is 0.292. The normalized spacial score (nSPS) is 23.1. The molecule has 2 aromatic rings. The molecule has 0 spiro atoms. The van der Waals surface area contributed by atoms with Crippen molar-refractivity contribution >= 4 is 68.4 Å². The first-order valence-electron chi connectivity index (χ1n) is 10.5. The van der Waals surface area contributed by atoms with Crippen LogP contribution in [-0.4, -0.2) is 34.4 Å². The van der Waals surface area contributed by atoms with Gasteiger partial charge >= 0.3 is 0 Å². The highest BCUT2D eigenvalue weighted by molar-refractivity contribution is 9.10. The number of benzene rings is 2. The Kier molecular flexibility index (Phi) is 6.09. The molecule has 1 aliphatic carbocycles. The Morgan fingerprint density at radius 3 is 2.81 bits per heavy atom. The molecule has 2 aromatic carbocycles. The molecular formula is C24H21BrN2O3S2. The Bertz CT molecular complexity index is 1120. The largest absolute Gasteiger partial charge is 0.446 e. The summed E-state index contributed by atoms with van der Waals surface area (Å²) in [7, 11) is 0. The van der Waals surface area contributed by atoms with E-state index in [4.69, 9.17) is 17.0 Å². The lowest BCUT2D eigenvalue weighted by molar-refractivity contribution is -0.135. The zero-order chi connectivity index (χ0) is 22.2. The maximum Gasteiger partial charge on any atom is 0.294 e. The van der Waals surface area contributed by atoms with E-state index >= 15 is 0 Å². The number of thioether (sulfide) groups is 1. The van der Waals surface area contributed by atoms with E-state index in [2.05, 4.69) is 63.3 Å². The van der Waals surface area contributed by atoms with Crippen LogP contribution in [0.25, 0.3) is 6.08 Å². The van der Waals surface area contributed by atoms with Gasteiger partial charge in [0, 0.05) is 23.0 Å². The Morgan fingerprint density at radius 1 is 1.22 bits per heavy atom. The molecule has 1 saturated heterocycles. The predicted molar refractivity (Wildman–Crippen MR) is 134 cm³/mol. The Hall–Kier alpha value is -2.16. The van der Waals surface area contributed by atoms with Crippen molar-refractivity contribution in [3.8, 4) is 0 Å². The number of ether oxygens (including phenoxy) is 1. The molecule has 8 heteroatoms. The molecule has 1 amide bonds. The van der Waals surface area contributed by atoms with E-state index in [0.717, 1.165) is 16.6 Å². The van der Waals surface area contributed by atoms with Gasteiger partial charge in [0.1, 0.15) is 0 Å². The highest BCUT2D eigenvalue weighted by atomic mass is 79.9. The summed E-state index contributed by atoms with van der Waals surface area (Å²) in [5.74, 6) is 0.275. The van der Waals surface area contributed by atoms with Crippen LogP contribution in [0.5, 0.6) is 0 Å². The van der Waals surface area contributed by atoms with Crippen LogP contribution < -0.4 is 4.90 Å². The Morgan fingerprint density at radius 2 is 2.03 bits per heavy atom. The van der Waals surface area contributed by atoms with Crippen molar-refractivity contribution in [2.24, 2.45) is 0 Å². The summed E-state index contributed by atoms with van der Waals surface area (Å²) in [6.45, 7) is 1.05. The Labute approximate surface area is 204 Å². The fourth-order valence-electron chi connectivity index (χ4n) is 5.00. The van der Waals surface area contributed by atoms with Crippen LogP contribution in [0.4, 0.5) is 5.69 Å². The van der Waals surface area contributed by atoms with E-state index in [-0.39, 0.29) is 12.6 Å². The van der Waals surface area contributed by atoms with E-state index in [0.29, 0.717) is 27.7 Å². The SMILES string of the molecule is O=COCN1C(=O)/C(=C\c2cc(Br)c3c(c2)C2CCCC2N3Cc2ccccc2)SC1=S. The third-order valence-corrected chi connectivity index (χ3v) is 8.30. The Balaban J connectivity index is 1.47. The average Bonchev–Trinajstić information content (AvgIpc) is 3.44. The van der Waals surface area contributed by atoms with Crippen molar-refractivity contribution < 1.29 is 14.3 Å². The number of nitrogens with zero attached hydrogens (tertiary/aromatic N) is 2. The quantitative estimate of drug-likeness (QED) is 0.282. The van der Waals surface area contributed by atoms with Crippen molar-refractivity contribution in [2.75, 3.05) is 11.6 Å². The van der Waals surface area contributed by atoms with Gasteiger partial charge in [0.2, 0.25) is 0 Å². The monoisotopic (exact) mass is 528 g/mol. The first kappa shape index (κ1) is 21.7. The van der Waals surface area contributed by atoms with Crippen LogP contribution in [-0.2, 0) is 20.9 Å². The van der Waals surface area contributed by atoms with E-state index in [9.17, 15) is 9.59 Å². The maximum atomic E-state index is 12.7. The molecule has 0 bridgehead atoms. The number of anilines is 1. The van der Waals surface area contributed by atoms with Gasteiger partial charge in [-0.3, -0.25) is 14.5 Å². The predicted octanol–water partition coefficient (Wildman–Crippen LogP) is 5.44. The van der Waals surface area contributed by atoms with Gasteiger partial charge in [0.15, 0.2) is 11.1 Å². The van der Waals surface area contributed by atoms with E-state index < -0.39 is 0 Å². The molecule has 0 radical (unpaired) electrons. The number of amides is 1. The highest BCUT2D eigenvalue weighted by Crippen LogP contribution is 2.53. The lowest BCUT2D eigenvalue weighted by atomic mass is 9.96. The number of hydrogen-bond donors (Lipinski definition) is 0. The second-order valence-electron chi connectivity index (χ2n) is 8.16. The summed E-state index contributed by atoms with van der Waals surface area (Å²) in [5, 5.41) is 0. The number of carbonyl (C=O) groups excluding carboxylic acids is 2. The van der Waals surface area contributed by atoms with Crippen molar-refractivity contribution in [2.45, 2.75) is 37.8 Å². The zero-order valence-corrected chi connectivity index (χ0v) is 20.4. The number of fused-ring (bicyclic) bond motifs is 3. The summed E-state index contributed by atoms with van der Waals surface area (Å²) < 4.78 is 6.17. The van der Waals surface area contributed by atoms with Crippen molar-refractivity contribution in [3.05, 3.63) is 68.5 Å². The van der Waals surface area contributed by atoms with Crippen molar-refractivity contribution in [3.63, 3.8) is 0 Å². The second kappa shape index (κ2) is 9.00. The van der Waals surface area contributed by atoms with Crippen LogP contribution in [0.3, 0.4) is 0 Å². The minimum Gasteiger partial charge on any atom is -0.446 e. The van der Waals surface area contributed by atoms with Gasteiger partial charge in [-0.15, -0.1) is 0 Å². The summed E-state index contributed by atoms with van der Waals surface area (Å²) in [6, 6.07) is 15.4. The van der Waals surface area contributed by atoms with E-state index in [1.807, 2.05) is 6.08 Å². The van der Waals surface area contributed by atoms with E-state index in [1.54, 1.807) is 0 Å². The number of rotatable bonds is 6. The van der Waals surface area contributed by atoms with Gasteiger partial charge in [-0.25, -0.2) is 0 Å². The van der Waals surface area contributed by atoms with Gasteiger partial charge in [-0.1, -0.05) is 60.7 Å². The summed E-state index contributed by atoms with van der Waals surface area (Å²) in [4.78, 5) is 27.6. The van der Waals surface area contributed by atoms with Crippen LogP contribution >= 0.6 is 39.9 Å². The molecule has 2 aliphatic heterocycles. The summed E-state index contributed by atoms with van der Waals surface area (Å²) >= 11 is 10.3. The lowest BCUT2D eigenvalue weighted by Gasteiger charge is -2.28. The first-order valence-corrected chi connectivity index (χ1v) is 12.5. The second-order valence-corrected chi connectivity index (χ2v) is 10.7. The minimum atomic E-state index is -0.233. The molecule has 2 unspecified atom stereocenters. The zero-order valence-electron chi connectivity index (χ0n) is 17.2. The molecule has 0 N–H and O–H groups in total.